The highest BCUT2D eigenvalue weighted by Gasteiger charge is 2.10. The number of benzene rings is 2. The Morgan fingerprint density at radius 1 is 1.24 bits per heavy atom. The van der Waals surface area contributed by atoms with Crippen LogP contribution in [0.2, 0.25) is 0 Å². The largest absolute Gasteiger partial charge is 0.507 e. The predicted molar refractivity (Wildman–Crippen MR) is 95.6 cm³/mol. The summed E-state index contributed by atoms with van der Waals surface area (Å²) in [5, 5.41) is 23.5. The van der Waals surface area contributed by atoms with E-state index >= 15 is 0 Å². The zero-order chi connectivity index (χ0) is 18.1. The van der Waals surface area contributed by atoms with Crippen molar-refractivity contribution in [3.05, 3.63) is 59.7 Å². The molecule has 0 radical (unpaired) electrons. The lowest BCUT2D eigenvalue weighted by molar-refractivity contribution is -0.121. The van der Waals surface area contributed by atoms with Gasteiger partial charge >= 0.3 is 0 Å². The standard InChI is InChI=1S/C19H22N2O4/c1-2-25-16-9-7-14(8-10-16)18(23)11-12-19(24)21-20-13-15-5-3-4-6-17(15)22/h3-10,13,18,22-23H,2,11-12H2,1H3,(H,21,24). The number of para-hydroxylation sites is 1. The molecule has 2 aromatic rings. The molecular weight excluding hydrogens is 320 g/mol. The minimum absolute atomic E-state index is 0.0893. The van der Waals surface area contributed by atoms with E-state index in [2.05, 4.69) is 10.5 Å². The number of hydrogen-bond donors (Lipinski definition) is 3. The van der Waals surface area contributed by atoms with Crippen molar-refractivity contribution in [3.8, 4) is 11.5 Å². The number of phenolic OH excluding ortho intramolecular Hbond substituents is 1. The molecule has 2 aromatic carbocycles. The zero-order valence-electron chi connectivity index (χ0n) is 14.1. The molecular formula is C19H22N2O4. The molecule has 0 aliphatic rings. The topological polar surface area (TPSA) is 91.2 Å². The van der Waals surface area contributed by atoms with Gasteiger partial charge in [0.1, 0.15) is 11.5 Å². The summed E-state index contributed by atoms with van der Waals surface area (Å²) in [7, 11) is 0. The molecule has 0 saturated carbocycles. The number of aliphatic hydroxyl groups excluding tert-OH is 1. The molecule has 0 saturated heterocycles. The van der Waals surface area contributed by atoms with Crippen LogP contribution >= 0.6 is 0 Å². The second-order valence-corrected chi connectivity index (χ2v) is 5.41. The Bertz CT molecular complexity index is 714. The predicted octanol–water partition coefficient (Wildman–Crippen LogP) is 2.75. The number of carbonyl (C=O) groups is 1. The first-order valence-corrected chi connectivity index (χ1v) is 8.11. The number of ether oxygens (including phenoxy) is 1. The second-order valence-electron chi connectivity index (χ2n) is 5.41. The summed E-state index contributed by atoms with van der Waals surface area (Å²) >= 11 is 0. The highest BCUT2D eigenvalue weighted by molar-refractivity contribution is 5.84. The van der Waals surface area contributed by atoms with Crippen molar-refractivity contribution in [2.24, 2.45) is 5.10 Å². The van der Waals surface area contributed by atoms with Gasteiger partial charge in [-0.05, 0) is 43.2 Å². The molecule has 1 unspecified atom stereocenters. The fraction of sp³-hybridized carbons (Fsp3) is 0.263. The summed E-state index contributed by atoms with van der Waals surface area (Å²) in [5.41, 5.74) is 3.62. The Balaban J connectivity index is 1.78. The Morgan fingerprint density at radius 2 is 1.96 bits per heavy atom. The van der Waals surface area contributed by atoms with Gasteiger partial charge in [-0.15, -0.1) is 0 Å². The first kappa shape index (κ1) is 18.5. The van der Waals surface area contributed by atoms with Crippen LogP contribution in [0, 0.1) is 0 Å². The quantitative estimate of drug-likeness (QED) is 0.508. The monoisotopic (exact) mass is 342 g/mol. The summed E-state index contributed by atoms with van der Waals surface area (Å²) in [6.07, 6.45) is 1.05. The number of hydrogen-bond acceptors (Lipinski definition) is 5. The summed E-state index contributed by atoms with van der Waals surface area (Å²) < 4.78 is 5.35. The van der Waals surface area contributed by atoms with E-state index in [0.717, 1.165) is 11.3 Å². The smallest absolute Gasteiger partial charge is 0.240 e. The van der Waals surface area contributed by atoms with Gasteiger partial charge in [0, 0.05) is 12.0 Å². The van der Waals surface area contributed by atoms with Crippen LogP contribution in [0.5, 0.6) is 11.5 Å². The molecule has 0 fully saturated rings. The Labute approximate surface area is 146 Å². The molecule has 0 aliphatic heterocycles. The van der Waals surface area contributed by atoms with Crippen molar-refractivity contribution in [3.63, 3.8) is 0 Å². The third-order valence-corrected chi connectivity index (χ3v) is 3.55. The van der Waals surface area contributed by atoms with Crippen LogP contribution in [0.4, 0.5) is 0 Å². The van der Waals surface area contributed by atoms with Crippen molar-refractivity contribution in [1.29, 1.82) is 0 Å². The van der Waals surface area contributed by atoms with Gasteiger partial charge in [-0.2, -0.15) is 5.10 Å². The molecule has 25 heavy (non-hydrogen) atoms. The number of phenols is 1. The first-order chi connectivity index (χ1) is 12.1. The second kappa shape index (κ2) is 9.44. The minimum atomic E-state index is -0.733. The van der Waals surface area contributed by atoms with Crippen LogP contribution in [-0.2, 0) is 4.79 Å². The van der Waals surface area contributed by atoms with Crippen LogP contribution < -0.4 is 10.2 Å². The van der Waals surface area contributed by atoms with Gasteiger partial charge in [0.05, 0.1) is 18.9 Å². The summed E-state index contributed by atoms with van der Waals surface area (Å²) in [6.45, 7) is 2.49. The van der Waals surface area contributed by atoms with Gasteiger partial charge in [0.15, 0.2) is 0 Å². The molecule has 0 heterocycles. The molecule has 0 aliphatic carbocycles. The highest BCUT2D eigenvalue weighted by atomic mass is 16.5. The maximum atomic E-state index is 11.8. The van der Waals surface area contributed by atoms with Crippen molar-refractivity contribution in [2.45, 2.75) is 25.9 Å². The van der Waals surface area contributed by atoms with Crippen LogP contribution in [0.15, 0.2) is 53.6 Å². The SMILES string of the molecule is CCOc1ccc(C(O)CCC(=O)NN=Cc2ccccc2O)cc1. The van der Waals surface area contributed by atoms with E-state index in [4.69, 9.17) is 4.74 Å². The maximum Gasteiger partial charge on any atom is 0.240 e. The first-order valence-electron chi connectivity index (χ1n) is 8.11. The van der Waals surface area contributed by atoms with Crippen LogP contribution in [0.1, 0.15) is 37.0 Å². The average Bonchev–Trinajstić information content (AvgIpc) is 2.62. The van der Waals surface area contributed by atoms with Gasteiger partial charge in [0.2, 0.25) is 5.91 Å². The van der Waals surface area contributed by atoms with Gasteiger partial charge < -0.3 is 14.9 Å². The van der Waals surface area contributed by atoms with E-state index in [1.807, 2.05) is 6.92 Å². The molecule has 1 amide bonds. The number of nitrogens with one attached hydrogen (secondary N) is 1. The Kier molecular flexibility index (Phi) is 6.98. The third-order valence-electron chi connectivity index (χ3n) is 3.55. The number of rotatable bonds is 8. The number of hydrazone groups is 1. The molecule has 2 rings (SSSR count). The number of aromatic hydroxyl groups is 1. The lowest BCUT2D eigenvalue weighted by Gasteiger charge is -2.11. The molecule has 3 N–H and O–H groups in total. The molecule has 0 aromatic heterocycles. The van der Waals surface area contributed by atoms with Crippen LogP contribution in [0.25, 0.3) is 0 Å². The Hall–Kier alpha value is -2.86. The fourth-order valence-corrected chi connectivity index (χ4v) is 2.21. The van der Waals surface area contributed by atoms with E-state index < -0.39 is 6.10 Å². The lowest BCUT2D eigenvalue weighted by atomic mass is 10.0. The highest BCUT2D eigenvalue weighted by Crippen LogP contribution is 2.21. The lowest BCUT2D eigenvalue weighted by Crippen LogP contribution is -2.18. The van der Waals surface area contributed by atoms with E-state index in [1.165, 1.54) is 12.3 Å². The van der Waals surface area contributed by atoms with Gasteiger partial charge in [0.25, 0.3) is 0 Å². The number of amides is 1. The maximum absolute atomic E-state index is 11.8. The molecule has 6 nitrogen and oxygen atoms in total. The van der Waals surface area contributed by atoms with E-state index in [-0.39, 0.29) is 24.5 Å². The third kappa shape index (κ3) is 5.93. The van der Waals surface area contributed by atoms with Crippen molar-refractivity contribution >= 4 is 12.1 Å². The number of carbonyl (C=O) groups excluding carboxylic acids is 1. The fourth-order valence-electron chi connectivity index (χ4n) is 2.21. The van der Waals surface area contributed by atoms with Gasteiger partial charge in [-0.25, -0.2) is 5.43 Å². The Morgan fingerprint density at radius 3 is 2.64 bits per heavy atom. The minimum Gasteiger partial charge on any atom is -0.507 e. The van der Waals surface area contributed by atoms with E-state index in [1.54, 1.807) is 42.5 Å². The van der Waals surface area contributed by atoms with E-state index in [9.17, 15) is 15.0 Å². The van der Waals surface area contributed by atoms with Gasteiger partial charge in [-0.1, -0.05) is 24.3 Å². The van der Waals surface area contributed by atoms with Crippen molar-refractivity contribution < 1.29 is 19.7 Å². The summed E-state index contributed by atoms with van der Waals surface area (Å²) in [6, 6.07) is 13.8. The molecule has 0 bridgehead atoms. The molecule has 6 heteroatoms. The number of aliphatic hydroxyl groups is 1. The molecule has 132 valence electrons. The average molecular weight is 342 g/mol. The summed E-state index contributed by atoms with van der Waals surface area (Å²) in [4.78, 5) is 11.8. The summed E-state index contributed by atoms with van der Waals surface area (Å²) in [5.74, 6) is 0.526. The van der Waals surface area contributed by atoms with E-state index in [0.29, 0.717) is 12.2 Å². The van der Waals surface area contributed by atoms with Crippen molar-refractivity contribution in [1.82, 2.24) is 5.43 Å². The molecule has 1 atom stereocenters. The van der Waals surface area contributed by atoms with Gasteiger partial charge in [-0.3, -0.25) is 4.79 Å². The molecule has 0 spiro atoms. The number of nitrogens with zero attached hydrogens (tertiary/aromatic N) is 1. The normalized spacial score (nSPS) is 12.1. The van der Waals surface area contributed by atoms with Crippen LogP contribution in [0.3, 0.4) is 0 Å². The van der Waals surface area contributed by atoms with Crippen molar-refractivity contribution in [2.75, 3.05) is 6.61 Å². The zero-order valence-corrected chi connectivity index (χ0v) is 14.1. The van der Waals surface area contributed by atoms with Crippen LogP contribution in [-0.4, -0.2) is 28.9 Å².